The Morgan fingerprint density at radius 2 is 2.14 bits per heavy atom. The molecule has 4 unspecified atom stereocenters. The van der Waals surface area contributed by atoms with Crippen LogP contribution in [0.5, 0.6) is 5.75 Å². The van der Waals surface area contributed by atoms with Gasteiger partial charge < -0.3 is 24.6 Å². The summed E-state index contributed by atoms with van der Waals surface area (Å²) in [5.74, 6) is -1.26. The van der Waals surface area contributed by atoms with Crippen molar-refractivity contribution in [2.24, 2.45) is 0 Å². The van der Waals surface area contributed by atoms with Gasteiger partial charge in [0.25, 0.3) is 0 Å². The van der Waals surface area contributed by atoms with Crippen LogP contribution in [0.2, 0.25) is 0 Å². The number of phenols is 1. The van der Waals surface area contributed by atoms with Crippen LogP contribution in [0.3, 0.4) is 0 Å². The summed E-state index contributed by atoms with van der Waals surface area (Å²) < 4.78 is 7.98. The van der Waals surface area contributed by atoms with Crippen LogP contribution in [0.15, 0.2) is 17.7 Å². The van der Waals surface area contributed by atoms with E-state index in [1.54, 1.807) is 19.9 Å². The molecule has 3 N–H and O–H groups in total. The van der Waals surface area contributed by atoms with E-state index in [0.717, 1.165) is 40.6 Å². The highest BCUT2D eigenvalue weighted by Gasteiger charge is 2.43. The van der Waals surface area contributed by atoms with Gasteiger partial charge in [-0.15, -0.1) is 0 Å². The van der Waals surface area contributed by atoms with Crippen molar-refractivity contribution in [3.63, 3.8) is 0 Å². The van der Waals surface area contributed by atoms with Crippen molar-refractivity contribution in [3.05, 3.63) is 34.7 Å². The van der Waals surface area contributed by atoms with E-state index in [-0.39, 0.29) is 29.6 Å². The number of fused-ring (bicyclic) bond motifs is 4. The number of carbonyl (C=O) groups excluding carboxylic acids is 1. The maximum absolute atomic E-state index is 13.4. The van der Waals surface area contributed by atoms with Crippen molar-refractivity contribution in [1.82, 2.24) is 4.57 Å². The van der Waals surface area contributed by atoms with Crippen molar-refractivity contribution in [2.45, 2.75) is 63.9 Å². The first kappa shape index (κ1) is 18.4. The second-order valence-corrected chi connectivity index (χ2v) is 8.32. The monoisotopic (exact) mass is 397 g/mol. The number of ether oxygens (including phenoxy) is 1. The second-order valence-electron chi connectivity index (χ2n) is 8.32. The van der Waals surface area contributed by atoms with Gasteiger partial charge in [-0.2, -0.15) is 0 Å². The molecular formula is C22H23NO6. The lowest BCUT2D eigenvalue weighted by atomic mass is 9.80. The molecule has 0 bridgehead atoms. The zero-order chi connectivity index (χ0) is 20.6. The van der Waals surface area contributed by atoms with E-state index >= 15 is 0 Å². The molecule has 0 saturated heterocycles. The molecular weight excluding hydrogens is 374 g/mol. The number of hydrogen-bond donors (Lipinski definition) is 3. The number of nitrogens with zero attached hydrogens (tertiary/aromatic N) is 1. The number of aliphatic hydroxyl groups is 1. The van der Waals surface area contributed by atoms with Gasteiger partial charge in [0.1, 0.15) is 5.75 Å². The molecule has 0 amide bonds. The normalized spacial score (nSPS) is 26.6. The third-order valence-corrected chi connectivity index (χ3v) is 6.55. The molecule has 1 aromatic carbocycles. The van der Waals surface area contributed by atoms with E-state index in [0.29, 0.717) is 12.0 Å². The molecule has 7 nitrogen and oxygen atoms in total. The van der Waals surface area contributed by atoms with Gasteiger partial charge in [-0.3, -0.25) is 9.59 Å². The Labute approximate surface area is 167 Å². The number of carboxylic acids is 1. The summed E-state index contributed by atoms with van der Waals surface area (Å²) in [6.45, 7) is 3.52. The average Bonchev–Trinajstić information content (AvgIpc) is 3.18. The fourth-order valence-electron chi connectivity index (χ4n) is 5.46. The minimum absolute atomic E-state index is 0.0620. The summed E-state index contributed by atoms with van der Waals surface area (Å²) in [6, 6.07) is 3.27. The molecule has 0 saturated carbocycles. The van der Waals surface area contributed by atoms with Crippen LogP contribution in [0, 0.1) is 0 Å². The largest absolute Gasteiger partial charge is 0.507 e. The first-order valence-electron chi connectivity index (χ1n) is 10.0. The van der Waals surface area contributed by atoms with Crippen molar-refractivity contribution < 1.29 is 29.6 Å². The highest BCUT2D eigenvalue weighted by Crippen LogP contribution is 2.51. The third kappa shape index (κ3) is 2.44. The molecule has 5 rings (SSSR count). The molecule has 1 aliphatic carbocycles. The number of carboxylic acid groups (broad SMARTS) is 1. The first-order chi connectivity index (χ1) is 13.8. The number of aliphatic carboxylic acids is 1. The molecule has 0 fully saturated rings. The maximum atomic E-state index is 13.4. The number of ketones is 1. The highest BCUT2D eigenvalue weighted by atomic mass is 16.5. The predicted molar refractivity (Wildman–Crippen MR) is 105 cm³/mol. The summed E-state index contributed by atoms with van der Waals surface area (Å²) in [6.07, 6.45) is 0.0818. The number of aromatic nitrogens is 1. The fraction of sp³-hybridized carbons (Fsp3) is 0.455. The Kier molecular flexibility index (Phi) is 3.92. The minimum Gasteiger partial charge on any atom is -0.507 e. The number of aryl methyl sites for hydroxylation is 1. The maximum Gasteiger partial charge on any atom is 0.305 e. The summed E-state index contributed by atoms with van der Waals surface area (Å²) in [5.41, 5.74) is 3.46. The Morgan fingerprint density at radius 3 is 2.83 bits per heavy atom. The molecule has 3 aliphatic rings. The van der Waals surface area contributed by atoms with E-state index in [1.807, 2.05) is 6.07 Å². The molecule has 3 heterocycles. The van der Waals surface area contributed by atoms with E-state index in [9.17, 15) is 24.9 Å². The summed E-state index contributed by atoms with van der Waals surface area (Å²) >= 11 is 0. The van der Waals surface area contributed by atoms with Gasteiger partial charge in [0.2, 0.25) is 0 Å². The molecule has 29 heavy (non-hydrogen) atoms. The number of aliphatic hydroxyl groups excluding tert-OH is 1. The molecule has 2 aromatic rings. The van der Waals surface area contributed by atoms with Crippen molar-refractivity contribution in [2.75, 3.05) is 0 Å². The lowest BCUT2D eigenvalue weighted by Gasteiger charge is -2.35. The highest BCUT2D eigenvalue weighted by molar-refractivity contribution is 6.27. The van der Waals surface area contributed by atoms with Gasteiger partial charge in [0, 0.05) is 28.5 Å². The summed E-state index contributed by atoms with van der Waals surface area (Å²) in [4.78, 5) is 24.6. The third-order valence-electron chi connectivity index (χ3n) is 6.55. The van der Waals surface area contributed by atoms with Gasteiger partial charge in [-0.05, 0) is 44.4 Å². The van der Waals surface area contributed by atoms with Gasteiger partial charge in [0.15, 0.2) is 5.78 Å². The Bertz CT molecular complexity index is 1110. The van der Waals surface area contributed by atoms with E-state index in [2.05, 4.69) is 4.57 Å². The van der Waals surface area contributed by atoms with Crippen molar-refractivity contribution >= 4 is 28.1 Å². The van der Waals surface area contributed by atoms with Crippen LogP contribution >= 0.6 is 0 Å². The number of aromatic hydroxyl groups is 1. The minimum atomic E-state index is -0.946. The molecule has 1 aromatic heterocycles. The number of benzene rings is 1. The Hall–Kier alpha value is -2.64. The second kappa shape index (κ2) is 6.18. The lowest BCUT2D eigenvalue weighted by molar-refractivity contribution is -0.140. The van der Waals surface area contributed by atoms with Gasteiger partial charge >= 0.3 is 5.97 Å². The van der Waals surface area contributed by atoms with Crippen LogP contribution in [-0.4, -0.2) is 50.0 Å². The van der Waals surface area contributed by atoms with Gasteiger partial charge in [-0.25, -0.2) is 0 Å². The van der Waals surface area contributed by atoms with Crippen LogP contribution in [0.25, 0.3) is 16.3 Å². The van der Waals surface area contributed by atoms with E-state index < -0.39 is 24.3 Å². The summed E-state index contributed by atoms with van der Waals surface area (Å²) in [7, 11) is 0. The number of hydrogen-bond acceptors (Lipinski definition) is 5. The zero-order valence-corrected chi connectivity index (χ0v) is 16.3. The van der Waals surface area contributed by atoms with E-state index in [4.69, 9.17) is 4.74 Å². The zero-order valence-electron chi connectivity index (χ0n) is 16.3. The van der Waals surface area contributed by atoms with E-state index in [1.165, 1.54) is 0 Å². The molecule has 4 atom stereocenters. The predicted octanol–water partition coefficient (Wildman–Crippen LogP) is 2.82. The molecule has 7 heteroatoms. The molecule has 0 radical (unpaired) electrons. The standard InChI is InChI=1S/C22H23NO6/c1-9(24)14-4-5-15-12-3-6-16(25)20-19(12)21(23(14)15)13-7-11(8-17(26)27)29-10(2)18(13)22(20)28/h3,6,9-11,14,24-25H,4-5,7-8H2,1-2H3,(H,26,27). The number of rotatable bonds is 3. The van der Waals surface area contributed by atoms with Gasteiger partial charge in [-0.1, -0.05) is 0 Å². The molecule has 2 aliphatic heterocycles. The van der Waals surface area contributed by atoms with Crippen LogP contribution < -0.4 is 0 Å². The molecule has 0 spiro atoms. The van der Waals surface area contributed by atoms with Crippen LogP contribution in [0.1, 0.15) is 60.9 Å². The summed E-state index contributed by atoms with van der Waals surface area (Å²) in [5, 5.41) is 31.8. The van der Waals surface area contributed by atoms with Crippen LogP contribution in [0.4, 0.5) is 0 Å². The van der Waals surface area contributed by atoms with Gasteiger partial charge in [0.05, 0.1) is 42.0 Å². The molecule has 152 valence electrons. The topological polar surface area (TPSA) is 109 Å². The van der Waals surface area contributed by atoms with Crippen molar-refractivity contribution in [1.29, 1.82) is 0 Å². The fourth-order valence-corrected chi connectivity index (χ4v) is 5.46. The average molecular weight is 397 g/mol. The number of phenolic OH excluding ortho intramolecular Hbond substituents is 1. The number of carbonyl (C=O) groups is 2. The number of Topliss-reactive ketones (excluding diaryl/α,β-unsaturated/α-hetero) is 1. The van der Waals surface area contributed by atoms with Crippen LogP contribution in [-0.2, 0) is 16.0 Å². The Balaban J connectivity index is 1.82. The first-order valence-corrected chi connectivity index (χ1v) is 10.0. The SMILES string of the molecule is CC1OC(CC(=O)O)CC2=C1C(=O)c1c(O)ccc3c4n(c2c13)C(C(C)O)CC4. The van der Waals surface area contributed by atoms with Crippen molar-refractivity contribution in [3.8, 4) is 5.75 Å². The smallest absolute Gasteiger partial charge is 0.305 e. The lowest BCUT2D eigenvalue weighted by Crippen LogP contribution is -2.35. The quantitative estimate of drug-likeness (QED) is 0.735. The Morgan fingerprint density at radius 1 is 1.38 bits per heavy atom.